The summed E-state index contributed by atoms with van der Waals surface area (Å²) in [5.74, 6) is 0.857. The molecule has 0 amide bonds. The Balaban J connectivity index is 2.06. The number of nitrogens with zero attached hydrogens (tertiary/aromatic N) is 2. The van der Waals surface area contributed by atoms with Crippen LogP contribution >= 0.6 is 11.6 Å². The Labute approximate surface area is 140 Å². The summed E-state index contributed by atoms with van der Waals surface area (Å²) in [6, 6.07) is 11.8. The number of hydrogen-bond acceptors (Lipinski definition) is 3. The first-order valence-corrected chi connectivity index (χ1v) is 8.10. The fourth-order valence-electron chi connectivity index (χ4n) is 2.64. The maximum absolute atomic E-state index is 6.12. The van der Waals surface area contributed by atoms with Crippen molar-refractivity contribution in [2.24, 2.45) is 5.73 Å². The van der Waals surface area contributed by atoms with Crippen LogP contribution in [0.15, 0.2) is 42.6 Å². The minimum Gasteiger partial charge on any atom is -0.491 e. The second-order valence-electron chi connectivity index (χ2n) is 5.71. The van der Waals surface area contributed by atoms with Gasteiger partial charge in [-0.05, 0) is 56.8 Å². The topological polar surface area (TPSA) is 52.5 Å². The lowest BCUT2D eigenvalue weighted by Gasteiger charge is -2.10. The van der Waals surface area contributed by atoms with E-state index in [0.717, 1.165) is 34.8 Å². The van der Waals surface area contributed by atoms with Crippen LogP contribution in [0.3, 0.4) is 0 Å². The monoisotopic (exact) mass is 329 g/mol. The predicted molar refractivity (Wildman–Crippen MR) is 94.2 cm³/mol. The zero-order valence-corrected chi connectivity index (χ0v) is 14.0. The molecule has 0 spiro atoms. The van der Waals surface area contributed by atoms with E-state index >= 15 is 0 Å². The van der Waals surface area contributed by atoms with E-state index in [9.17, 15) is 0 Å². The van der Waals surface area contributed by atoms with Crippen molar-refractivity contribution in [1.82, 2.24) is 9.38 Å². The smallest absolute Gasteiger partial charge is 0.137 e. The van der Waals surface area contributed by atoms with Gasteiger partial charge in [-0.15, -0.1) is 0 Å². The Morgan fingerprint density at radius 2 is 1.91 bits per heavy atom. The van der Waals surface area contributed by atoms with Crippen LogP contribution in [0.2, 0.25) is 5.02 Å². The number of aromatic nitrogens is 2. The van der Waals surface area contributed by atoms with E-state index < -0.39 is 0 Å². The highest BCUT2D eigenvalue weighted by Gasteiger charge is 2.14. The number of rotatable bonds is 5. The van der Waals surface area contributed by atoms with Crippen LogP contribution < -0.4 is 10.5 Å². The molecule has 3 rings (SSSR count). The summed E-state index contributed by atoms with van der Waals surface area (Å²) in [6.07, 6.45) is 2.78. The molecule has 0 radical (unpaired) electrons. The number of fused-ring (bicyclic) bond motifs is 1. The van der Waals surface area contributed by atoms with E-state index in [2.05, 4.69) is 0 Å². The molecule has 0 atom stereocenters. The molecule has 0 saturated heterocycles. The molecule has 0 unspecified atom stereocenters. The van der Waals surface area contributed by atoms with Gasteiger partial charge in [-0.3, -0.25) is 0 Å². The van der Waals surface area contributed by atoms with Crippen molar-refractivity contribution in [3.8, 4) is 17.0 Å². The van der Waals surface area contributed by atoms with Gasteiger partial charge < -0.3 is 14.9 Å². The third-order valence-electron chi connectivity index (χ3n) is 3.56. The number of benzene rings is 1. The van der Waals surface area contributed by atoms with Crippen LogP contribution in [0, 0.1) is 0 Å². The Kier molecular flexibility index (Phi) is 4.55. The normalized spacial score (nSPS) is 11.3. The molecule has 0 bridgehead atoms. The van der Waals surface area contributed by atoms with Crippen molar-refractivity contribution in [2.75, 3.05) is 6.54 Å². The lowest BCUT2D eigenvalue weighted by Crippen LogP contribution is -2.06. The molecular formula is C18H20ClN3O. The molecule has 0 fully saturated rings. The van der Waals surface area contributed by atoms with Crippen LogP contribution in [0.1, 0.15) is 19.5 Å². The first-order chi connectivity index (χ1) is 11.1. The second kappa shape index (κ2) is 6.60. The molecular weight excluding hydrogens is 310 g/mol. The largest absolute Gasteiger partial charge is 0.491 e. The van der Waals surface area contributed by atoms with E-state index in [0.29, 0.717) is 11.6 Å². The van der Waals surface area contributed by atoms with Crippen LogP contribution in [-0.4, -0.2) is 22.0 Å². The van der Waals surface area contributed by atoms with Gasteiger partial charge in [0.2, 0.25) is 0 Å². The molecule has 0 aliphatic carbocycles. The van der Waals surface area contributed by atoms with Crippen molar-refractivity contribution in [2.45, 2.75) is 26.4 Å². The van der Waals surface area contributed by atoms with Crippen molar-refractivity contribution >= 4 is 17.2 Å². The third-order valence-corrected chi connectivity index (χ3v) is 3.79. The first kappa shape index (κ1) is 15.8. The SMILES string of the molecule is CC(C)Oc1ccc(-c2nc3ccc(Cl)cn3c2CCN)cc1. The average molecular weight is 330 g/mol. The van der Waals surface area contributed by atoms with Crippen molar-refractivity contribution in [3.05, 3.63) is 53.3 Å². The molecule has 5 heteroatoms. The number of imidazole rings is 1. The Bertz CT molecular complexity index is 809. The van der Waals surface area contributed by atoms with Gasteiger partial charge in [-0.25, -0.2) is 4.98 Å². The van der Waals surface area contributed by atoms with Crippen molar-refractivity contribution < 1.29 is 4.74 Å². The summed E-state index contributed by atoms with van der Waals surface area (Å²) in [7, 11) is 0. The molecule has 120 valence electrons. The minimum atomic E-state index is 0.158. The maximum Gasteiger partial charge on any atom is 0.137 e. The molecule has 0 aliphatic rings. The van der Waals surface area contributed by atoms with Gasteiger partial charge in [-0.1, -0.05) is 11.6 Å². The lowest BCUT2D eigenvalue weighted by molar-refractivity contribution is 0.242. The van der Waals surface area contributed by atoms with Crippen LogP contribution in [0.5, 0.6) is 5.75 Å². The van der Waals surface area contributed by atoms with Crippen LogP contribution in [0.25, 0.3) is 16.9 Å². The molecule has 1 aromatic carbocycles. The molecule has 0 aliphatic heterocycles. The number of pyridine rings is 1. The third kappa shape index (κ3) is 3.33. The average Bonchev–Trinajstić information content (AvgIpc) is 2.86. The van der Waals surface area contributed by atoms with Gasteiger partial charge >= 0.3 is 0 Å². The fourth-order valence-corrected chi connectivity index (χ4v) is 2.80. The van der Waals surface area contributed by atoms with Gasteiger partial charge in [0.15, 0.2) is 0 Å². The van der Waals surface area contributed by atoms with Crippen molar-refractivity contribution in [1.29, 1.82) is 0 Å². The highest BCUT2D eigenvalue weighted by Crippen LogP contribution is 2.27. The molecule has 2 N–H and O–H groups in total. The summed E-state index contributed by atoms with van der Waals surface area (Å²) < 4.78 is 7.71. The van der Waals surface area contributed by atoms with Crippen molar-refractivity contribution in [3.63, 3.8) is 0 Å². The number of halogens is 1. The first-order valence-electron chi connectivity index (χ1n) is 7.72. The van der Waals surface area contributed by atoms with Crippen LogP contribution in [-0.2, 0) is 6.42 Å². The number of hydrogen-bond donors (Lipinski definition) is 1. The van der Waals surface area contributed by atoms with Crippen LogP contribution in [0.4, 0.5) is 0 Å². The summed E-state index contributed by atoms with van der Waals surface area (Å²) >= 11 is 6.12. The van der Waals surface area contributed by atoms with E-state index in [4.69, 9.17) is 27.1 Å². The Morgan fingerprint density at radius 1 is 1.17 bits per heavy atom. The molecule has 0 saturated carbocycles. The van der Waals surface area contributed by atoms with E-state index in [1.807, 2.05) is 60.8 Å². The minimum absolute atomic E-state index is 0.158. The number of ether oxygens (including phenoxy) is 1. The Hall–Kier alpha value is -2.04. The highest BCUT2D eigenvalue weighted by atomic mass is 35.5. The van der Waals surface area contributed by atoms with Gasteiger partial charge in [0.1, 0.15) is 11.4 Å². The summed E-state index contributed by atoms with van der Waals surface area (Å²) in [5, 5.41) is 0.681. The molecule has 3 aromatic rings. The summed E-state index contributed by atoms with van der Waals surface area (Å²) in [5.41, 5.74) is 9.71. The maximum atomic E-state index is 6.12. The van der Waals surface area contributed by atoms with Gasteiger partial charge in [0.05, 0.1) is 22.5 Å². The Morgan fingerprint density at radius 3 is 2.57 bits per heavy atom. The molecule has 23 heavy (non-hydrogen) atoms. The van der Waals surface area contributed by atoms with E-state index in [-0.39, 0.29) is 6.10 Å². The quantitative estimate of drug-likeness (QED) is 0.771. The van der Waals surface area contributed by atoms with Gasteiger partial charge in [0, 0.05) is 18.2 Å². The fraction of sp³-hybridized carbons (Fsp3) is 0.278. The molecule has 2 aromatic heterocycles. The van der Waals surface area contributed by atoms with Gasteiger partial charge in [0.25, 0.3) is 0 Å². The van der Waals surface area contributed by atoms with E-state index in [1.54, 1.807) is 0 Å². The summed E-state index contributed by atoms with van der Waals surface area (Å²) in [4.78, 5) is 4.74. The predicted octanol–water partition coefficient (Wildman–Crippen LogP) is 3.94. The lowest BCUT2D eigenvalue weighted by atomic mass is 10.1. The number of nitrogens with two attached hydrogens (primary N) is 1. The van der Waals surface area contributed by atoms with E-state index in [1.165, 1.54) is 0 Å². The van der Waals surface area contributed by atoms with Gasteiger partial charge in [-0.2, -0.15) is 0 Å². The molecule has 2 heterocycles. The zero-order valence-electron chi connectivity index (χ0n) is 13.3. The zero-order chi connectivity index (χ0) is 16.4. The molecule has 4 nitrogen and oxygen atoms in total. The second-order valence-corrected chi connectivity index (χ2v) is 6.15. The summed E-state index contributed by atoms with van der Waals surface area (Å²) in [6.45, 7) is 4.58. The standard InChI is InChI=1S/C18H20ClN3O/c1-12(2)23-15-6-3-13(4-7-15)18-16(9-10-20)22-11-14(19)5-8-17(22)21-18/h3-8,11-12H,9-10,20H2,1-2H3. The highest BCUT2D eigenvalue weighted by molar-refractivity contribution is 6.30.